The van der Waals surface area contributed by atoms with E-state index >= 15 is 0 Å². The SMILES string of the molecule is O=C(O)c1ccc(N(c2ccccc2)c2cccc3ccccc23)s1. The molecule has 4 rings (SSSR count). The van der Waals surface area contributed by atoms with E-state index in [0.29, 0.717) is 4.88 Å². The van der Waals surface area contributed by atoms with Crippen molar-refractivity contribution in [1.82, 2.24) is 0 Å². The van der Waals surface area contributed by atoms with Gasteiger partial charge in [0.15, 0.2) is 0 Å². The molecule has 0 aliphatic rings. The second-order valence-electron chi connectivity index (χ2n) is 5.61. The highest BCUT2D eigenvalue weighted by molar-refractivity contribution is 7.18. The maximum atomic E-state index is 11.3. The third-order valence-electron chi connectivity index (χ3n) is 4.04. The third kappa shape index (κ3) is 2.88. The van der Waals surface area contributed by atoms with Gasteiger partial charge in [0.25, 0.3) is 0 Å². The van der Waals surface area contributed by atoms with Gasteiger partial charge in [-0.1, -0.05) is 54.6 Å². The Balaban J connectivity index is 1.95. The molecule has 0 unspecified atom stereocenters. The van der Waals surface area contributed by atoms with Crippen molar-refractivity contribution in [2.45, 2.75) is 0 Å². The first-order chi connectivity index (χ1) is 12.2. The van der Waals surface area contributed by atoms with E-state index in [1.54, 1.807) is 6.07 Å². The van der Waals surface area contributed by atoms with Crippen molar-refractivity contribution in [1.29, 1.82) is 0 Å². The Morgan fingerprint density at radius 3 is 2.28 bits per heavy atom. The predicted molar refractivity (Wildman–Crippen MR) is 103 cm³/mol. The number of thiophene rings is 1. The zero-order valence-electron chi connectivity index (χ0n) is 13.3. The van der Waals surface area contributed by atoms with Gasteiger partial charge >= 0.3 is 5.97 Å². The van der Waals surface area contributed by atoms with Crippen LogP contribution in [0.3, 0.4) is 0 Å². The van der Waals surface area contributed by atoms with Gasteiger partial charge in [0.1, 0.15) is 9.88 Å². The summed E-state index contributed by atoms with van der Waals surface area (Å²) in [6, 6.07) is 27.9. The summed E-state index contributed by atoms with van der Waals surface area (Å²) < 4.78 is 0. The van der Waals surface area contributed by atoms with Crippen molar-refractivity contribution < 1.29 is 9.90 Å². The van der Waals surface area contributed by atoms with E-state index in [2.05, 4.69) is 29.2 Å². The number of aromatic carboxylic acids is 1. The van der Waals surface area contributed by atoms with Crippen LogP contribution >= 0.6 is 11.3 Å². The Hall–Kier alpha value is -3.11. The van der Waals surface area contributed by atoms with Crippen molar-refractivity contribution in [2.75, 3.05) is 4.90 Å². The summed E-state index contributed by atoms with van der Waals surface area (Å²) in [7, 11) is 0. The molecule has 1 heterocycles. The first-order valence-electron chi connectivity index (χ1n) is 7.90. The van der Waals surface area contributed by atoms with E-state index in [9.17, 15) is 9.90 Å². The van der Waals surface area contributed by atoms with Gasteiger partial charge in [-0.25, -0.2) is 4.79 Å². The number of rotatable bonds is 4. The Kier molecular flexibility index (Phi) is 3.96. The number of carboxylic acid groups (broad SMARTS) is 1. The van der Waals surface area contributed by atoms with Crippen molar-refractivity contribution in [3.63, 3.8) is 0 Å². The standard InChI is InChI=1S/C21H15NO2S/c23-21(24)19-13-14-20(25-19)22(16-9-2-1-3-10-16)18-12-6-8-15-7-4-5-11-17(15)18/h1-14H,(H,23,24). The minimum absolute atomic E-state index is 0.330. The molecule has 0 fully saturated rings. The normalized spacial score (nSPS) is 10.7. The zero-order valence-corrected chi connectivity index (χ0v) is 14.1. The minimum Gasteiger partial charge on any atom is -0.477 e. The van der Waals surface area contributed by atoms with Gasteiger partial charge < -0.3 is 10.0 Å². The van der Waals surface area contributed by atoms with Crippen LogP contribution in [-0.2, 0) is 0 Å². The van der Waals surface area contributed by atoms with Crippen LogP contribution < -0.4 is 4.90 Å². The van der Waals surface area contributed by atoms with Gasteiger partial charge in [0, 0.05) is 11.1 Å². The largest absolute Gasteiger partial charge is 0.477 e. The Labute approximate surface area is 149 Å². The lowest BCUT2D eigenvalue weighted by atomic mass is 10.1. The lowest BCUT2D eigenvalue weighted by Gasteiger charge is -2.25. The van der Waals surface area contributed by atoms with Crippen LogP contribution in [0.4, 0.5) is 16.4 Å². The molecule has 4 heteroatoms. The molecular formula is C21H15NO2S. The fraction of sp³-hybridized carbons (Fsp3) is 0. The number of hydrogen-bond acceptors (Lipinski definition) is 3. The highest BCUT2D eigenvalue weighted by Gasteiger charge is 2.18. The lowest BCUT2D eigenvalue weighted by Crippen LogP contribution is -2.08. The average molecular weight is 345 g/mol. The van der Waals surface area contributed by atoms with Crippen LogP contribution in [0.25, 0.3) is 10.8 Å². The van der Waals surface area contributed by atoms with Crippen molar-refractivity contribution in [3.05, 3.63) is 89.8 Å². The van der Waals surface area contributed by atoms with E-state index in [1.807, 2.05) is 54.6 Å². The summed E-state index contributed by atoms with van der Waals surface area (Å²) in [5.41, 5.74) is 2.03. The minimum atomic E-state index is -0.901. The molecule has 3 aromatic carbocycles. The topological polar surface area (TPSA) is 40.5 Å². The van der Waals surface area contributed by atoms with E-state index in [4.69, 9.17) is 0 Å². The molecule has 1 N–H and O–H groups in total. The monoisotopic (exact) mass is 345 g/mol. The Morgan fingerprint density at radius 2 is 1.52 bits per heavy atom. The zero-order chi connectivity index (χ0) is 17.2. The Morgan fingerprint density at radius 1 is 0.800 bits per heavy atom. The van der Waals surface area contributed by atoms with Gasteiger partial charge in [-0.3, -0.25) is 0 Å². The molecule has 0 spiro atoms. The highest BCUT2D eigenvalue weighted by atomic mass is 32.1. The molecule has 0 bridgehead atoms. The predicted octanol–water partition coefficient (Wildman–Crippen LogP) is 6.07. The van der Waals surface area contributed by atoms with Gasteiger partial charge in [-0.05, 0) is 35.7 Å². The summed E-state index contributed by atoms with van der Waals surface area (Å²) in [5, 5.41) is 12.4. The number of benzene rings is 3. The lowest BCUT2D eigenvalue weighted by molar-refractivity contribution is 0.0702. The summed E-state index contributed by atoms with van der Waals surface area (Å²) in [4.78, 5) is 13.8. The molecular weight excluding hydrogens is 330 g/mol. The number of nitrogens with zero attached hydrogens (tertiary/aromatic N) is 1. The molecule has 0 aliphatic heterocycles. The maximum absolute atomic E-state index is 11.3. The number of hydrogen-bond donors (Lipinski definition) is 1. The smallest absolute Gasteiger partial charge is 0.345 e. The van der Waals surface area contributed by atoms with Crippen LogP contribution in [0.15, 0.2) is 84.9 Å². The number of para-hydroxylation sites is 1. The summed E-state index contributed by atoms with van der Waals surface area (Å²) in [5.74, 6) is -0.901. The van der Waals surface area contributed by atoms with Crippen LogP contribution in [0.2, 0.25) is 0 Å². The molecule has 25 heavy (non-hydrogen) atoms. The van der Waals surface area contributed by atoms with Crippen molar-refractivity contribution >= 4 is 44.5 Å². The average Bonchev–Trinajstić information content (AvgIpc) is 3.13. The van der Waals surface area contributed by atoms with E-state index in [1.165, 1.54) is 11.3 Å². The van der Waals surface area contributed by atoms with Crippen LogP contribution in [0.5, 0.6) is 0 Å². The van der Waals surface area contributed by atoms with E-state index < -0.39 is 5.97 Å². The number of carboxylic acids is 1. The molecule has 3 nitrogen and oxygen atoms in total. The molecule has 1 aromatic heterocycles. The third-order valence-corrected chi connectivity index (χ3v) is 5.10. The maximum Gasteiger partial charge on any atom is 0.345 e. The summed E-state index contributed by atoms with van der Waals surface area (Å²) >= 11 is 1.27. The van der Waals surface area contributed by atoms with Gasteiger partial charge in [-0.15, -0.1) is 11.3 Å². The fourth-order valence-electron chi connectivity index (χ4n) is 2.93. The molecule has 0 aliphatic carbocycles. The van der Waals surface area contributed by atoms with E-state index in [0.717, 1.165) is 27.1 Å². The van der Waals surface area contributed by atoms with Crippen molar-refractivity contribution in [3.8, 4) is 0 Å². The molecule has 0 radical (unpaired) electrons. The quantitative estimate of drug-likeness (QED) is 0.488. The molecule has 0 atom stereocenters. The second kappa shape index (κ2) is 6.42. The van der Waals surface area contributed by atoms with Gasteiger partial charge in [0.2, 0.25) is 0 Å². The summed E-state index contributed by atoms with van der Waals surface area (Å²) in [6.07, 6.45) is 0. The fourth-order valence-corrected chi connectivity index (χ4v) is 3.81. The molecule has 4 aromatic rings. The van der Waals surface area contributed by atoms with Crippen molar-refractivity contribution in [2.24, 2.45) is 0 Å². The first-order valence-corrected chi connectivity index (χ1v) is 8.72. The van der Waals surface area contributed by atoms with Crippen LogP contribution in [-0.4, -0.2) is 11.1 Å². The molecule has 0 saturated carbocycles. The number of fused-ring (bicyclic) bond motifs is 1. The number of anilines is 3. The van der Waals surface area contributed by atoms with Crippen LogP contribution in [0, 0.1) is 0 Å². The van der Waals surface area contributed by atoms with Crippen LogP contribution in [0.1, 0.15) is 9.67 Å². The Bertz CT molecular complexity index is 1030. The number of carbonyl (C=O) groups is 1. The second-order valence-corrected chi connectivity index (χ2v) is 6.67. The van der Waals surface area contributed by atoms with E-state index in [-0.39, 0.29) is 0 Å². The van der Waals surface area contributed by atoms with Gasteiger partial charge in [-0.2, -0.15) is 0 Å². The molecule has 0 amide bonds. The van der Waals surface area contributed by atoms with Gasteiger partial charge in [0.05, 0.1) is 5.69 Å². The first kappa shape index (κ1) is 15.4. The molecule has 122 valence electrons. The molecule has 0 saturated heterocycles. The highest BCUT2D eigenvalue weighted by Crippen LogP contribution is 2.41. The summed E-state index contributed by atoms with van der Waals surface area (Å²) in [6.45, 7) is 0.